The lowest BCUT2D eigenvalue weighted by atomic mass is 10.0. The summed E-state index contributed by atoms with van der Waals surface area (Å²) in [5, 5.41) is 3.37. The minimum absolute atomic E-state index is 0.773. The van der Waals surface area contributed by atoms with E-state index in [2.05, 4.69) is 45.3 Å². The molecule has 1 aliphatic rings. The Labute approximate surface area is 121 Å². The summed E-state index contributed by atoms with van der Waals surface area (Å²) in [6, 6.07) is 8.24. The Morgan fingerprint density at radius 3 is 2.95 bits per heavy atom. The fourth-order valence-electron chi connectivity index (χ4n) is 2.50. The van der Waals surface area contributed by atoms with Crippen molar-refractivity contribution in [2.45, 2.75) is 26.3 Å². The lowest BCUT2D eigenvalue weighted by Gasteiger charge is -2.18. The van der Waals surface area contributed by atoms with Crippen LogP contribution >= 0.6 is 15.9 Å². The number of halogens is 1. The van der Waals surface area contributed by atoms with Crippen molar-refractivity contribution in [3.05, 3.63) is 57.1 Å². The van der Waals surface area contributed by atoms with E-state index in [1.54, 1.807) is 0 Å². The van der Waals surface area contributed by atoms with Crippen molar-refractivity contribution < 1.29 is 0 Å². The Morgan fingerprint density at radius 1 is 1.26 bits per heavy atom. The Bertz CT molecular complexity index is 610. The summed E-state index contributed by atoms with van der Waals surface area (Å²) in [6.45, 7) is 3.98. The van der Waals surface area contributed by atoms with Gasteiger partial charge in [0.25, 0.3) is 0 Å². The van der Waals surface area contributed by atoms with Gasteiger partial charge in [-0.1, -0.05) is 34.1 Å². The number of rotatable bonds is 2. The third-order valence-electron chi connectivity index (χ3n) is 3.50. The number of aryl methyl sites for hydroxylation is 1. The summed E-state index contributed by atoms with van der Waals surface area (Å²) in [5.74, 6) is 0.909. The molecule has 19 heavy (non-hydrogen) atoms. The summed E-state index contributed by atoms with van der Waals surface area (Å²) in [5.41, 5.74) is 4.86. The highest BCUT2D eigenvalue weighted by atomic mass is 79.9. The number of benzene rings is 1. The highest BCUT2D eigenvalue weighted by Crippen LogP contribution is 2.20. The highest BCUT2D eigenvalue weighted by molar-refractivity contribution is 9.10. The molecule has 1 N–H and O–H groups in total. The van der Waals surface area contributed by atoms with Crippen LogP contribution in [0.4, 0.5) is 0 Å². The molecular weight excluding hydrogens is 302 g/mol. The average Bonchev–Trinajstić information content (AvgIpc) is 2.42. The first-order chi connectivity index (χ1) is 9.24. The van der Waals surface area contributed by atoms with Gasteiger partial charge in [0.1, 0.15) is 5.82 Å². The van der Waals surface area contributed by atoms with Gasteiger partial charge in [0.05, 0.1) is 5.69 Å². The molecule has 0 saturated carbocycles. The lowest BCUT2D eigenvalue weighted by molar-refractivity contribution is 0.613. The van der Waals surface area contributed by atoms with E-state index in [9.17, 15) is 0 Å². The maximum absolute atomic E-state index is 4.72. The molecule has 1 aromatic carbocycles. The van der Waals surface area contributed by atoms with E-state index >= 15 is 0 Å². The van der Waals surface area contributed by atoms with E-state index in [1.807, 2.05) is 12.1 Å². The van der Waals surface area contributed by atoms with Gasteiger partial charge in [0.2, 0.25) is 0 Å². The average molecular weight is 318 g/mol. The van der Waals surface area contributed by atoms with Gasteiger partial charge in [-0.15, -0.1) is 0 Å². The SMILES string of the molecule is Cc1nc(Cc2ccccc2Br)nc2c1CCNC2. The van der Waals surface area contributed by atoms with Crippen LogP contribution in [0.2, 0.25) is 0 Å². The Balaban J connectivity index is 1.94. The van der Waals surface area contributed by atoms with Crippen LogP contribution in [0.25, 0.3) is 0 Å². The molecule has 0 unspecified atom stereocenters. The van der Waals surface area contributed by atoms with Gasteiger partial charge in [0.15, 0.2) is 0 Å². The van der Waals surface area contributed by atoms with Gasteiger partial charge in [-0.2, -0.15) is 0 Å². The molecule has 0 spiro atoms. The molecule has 0 atom stereocenters. The van der Waals surface area contributed by atoms with Crippen LogP contribution in [0.5, 0.6) is 0 Å². The Morgan fingerprint density at radius 2 is 2.11 bits per heavy atom. The predicted molar refractivity (Wildman–Crippen MR) is 79.1 cm³/mol. The zero-order valence-corrected chi connectivity index (χ0v) is 12.5. The number of hydrogen-bond acceptors (Lipinski definition) is 3. The number of aromatic nitrogens is 2. The predicted octanol–water partition coefficient (Wildman–Crippen LogP) is 2.78. The number of fused-ring (bicyclic) bond motifs is 1. The molecular formula is C15H16BrN3. The Kier molecular flexibility index (Phi) is 3.62. The summed E-state index contributed by atoms with van der Waals surface area (Å²) in [7, 11) is 0. The van der Waals surface area contributed by atoms with Gasteiger partial charge in [-0.05, 0) is 37.1 Å². The quantitative estimate of drug-likeness (QED) is 0.925. The van der Waals surface area contributed by atoms with Gasteiger partial charge in [-0.3, -0.25) is 0 Å². The van der Waals surface area contributed by atoms with Crippen LogP contribution in [0, 0.1) is 6.92 Å². The smallest absolute Gasteiger partial charge is 0.133 e. The van der Waals surface area contributed by atoms with E-state index in [-0.39, 0.29) is 0 Å². The molecule has 2 aromatic rings. The van der Waals surface area contributed by atoms with E-state index in [0.29, 0.717) is 0 Å². The summed E-state index contributed by atoms with van der Waals surface area (Å²) in [6.07, 6.45) is 1.81. The van der Waals surface area contributed by atoms with E-state index < -0.39 is 0 Å². The standard InChI is InChI=1S/C15H16BrN3/c1-10-12-6-7-17-9-14(12)19-15(18-10)8-11-4-2-3-5-13(11)16/h2-5,17H,6-9H2,1H3. The van der Waals surface area contributed by atoms with Crippen molar-refractivity contribution >= 4 is 15.9 Å². The van der Waals surface area contributed by atoms with Crippen LogP contribution in [0.3, 0.4) is 0 Å². The molecule has 3 nitrogen and oxygen atoms in total. The number of nitrogens with zero attached hydrogens (tertiary/aromatic N) is 2. The van der Waals surface area contributed by atoms with Gasteiger partial charge in [0, 0.05) is 23.1 Å². The van der Waals surface area contributed by atoms with Crippen molar-refractivity contribution in [2.75, 3.05) is 6.54 Å². The van der Waals surface area contributed by atoms with Crippen molar-refractivity contribution in [1.29, 1.82) is 0 Å². The zero-order valence-electron chi connectivity index (χ0n) is 10.9. The van der Waals surface area contributed by atoms with Crippen molar-refractivity contribution in [1.82, 2.24) is 15.3 Å². The normalized spacial score (nSPS) is 14.2. The Hall–Kier alpha value is -1.26. The molecule has 4 heteroatoms. The third kappa shape index (κ3) is 2.69. The van der Waals surface area contributed by atoms with Gasteiger partial charge >= 0.3 is 0 Å². The van der Waals surface area contributed by atoms with Gasteiger partial charge in [-0.25, -0.2) is 9.97 Å². The molecule has 1 aromatic heterocycles. The highest BCUT2D eigenvalue weighted by Gasteiger charge is 2.15. The summed E-state index contributed by atoms with van der Waals surface area (Å²) >= 11 is 3.58. The fraction of sp³-hybridized carbons (Fsp3) is 0.333. The van der Waals surface area contributed by atoms with Crippen LogP contribution in [-0.4, -0.2) is 16.5 Å². The van der Waals surface area contributed by atoms with Gasteiger partial charge < -0.3 is 5.32 Å². The first-order valence-electron chi connectivity index (χ1n) is 6.53. The lowest BCUT2D eigenvalue weighted by Crippen LogP contribution is -2.26. The summed E-state index contributed by atoms with van der Waals surface area (Å²) in [4.78, 5) is 9.38. The van der Waals surface area contributed by atoms with E-state index in [0.717, 1.165) is 41.9 Å². The second-order valence-corrected chi connectivity index (χ2v) is 5.70. The first kappa shape index (κ1) is 12.8. The topological polar surface area (TPSA) is 37.8 Å². The number of nitrogens with one attached hydrogen (secondary N) is 1. The first-order valence-corrected chi connectivity index (χ1v) is 7.33. The number of hydrogen-bond donors (Lipinski definition) is 1. The van der Waals surface area contributed by atoms with E-state index in [4.69, 9.17) is 4.98 Å². The minimum atomic E-state index is 0.773. The van der Waals surface area contributed by atoms with Crippen LogP contribution in [0.15, 0.2) is 28.7 Å². The molecule has 0 aliphatic carbocycles. The fourth-order valence-corrected chi connectivity index (χ4v) is 2.93. The second kappa shape index (κ2) is 5.39. The molecule has 3 rings (SSSR count). The molecule has 2 heterocycles. The largest absolute Gasteiger partial charge is 0.311 e. The molecule has 98 valence electrons. The van der Waals surface area contributed by atoms with E-state index in [1.165, 1.54) is 16.8 Å². The van der Waals surface area contributed by atoms with Crippen LogP contribution in [0.1, 0.15) is 28.3 Å². The van der Waals surface area contributed by atoms with Crippen LogP contribution in [-0.2, 0) is 19.4 Å². The molecule has 0 amide bonds. The van der Waals surface area contributed by atoms with Crippen molar-refractivity contribution in [3.8, 4) is 0 Å². The monoisotopic (exact) mass is 317 g/mol. The minimum Gasteiger partial charge on any atom is -0.311 e. The zero-order chi connectivity index (χ0) is 13.2. The van der Waals surface area contributed by atoms with Crippen molar-refractivity contribution in [2.24, 2.45) is 0 Å². The molecule has 1 aliphatic heterocycles. The van der Waals surface area contributed by atoms with Crippen molar-refractivity contribution in [3.63, 3.8) is 0 Å². The maximum Gasteiger partial charge on any atom is 0.133 e. The molecule has 0 fully saturated rings. The summed E-state index contributed by atoms with van der Waals surface area (Å²) < 4.78 is 1.12. The maximum atomic E-state index is 4.72. The molecule has 0 radical (unpaired) electrons. The van der Waals surface area contributed by atoms with Crippen LogP contribution < -0.4 is 5.32 Å². The third-order valence-corrected chi connectivity index (χ3v) is 4.27. The molecule has 0 saturated heterocycles. The molecule has 0 bridgehead atoms. The second-order valence-electron chi connectivity index (χ2n) is 4.85.